The highest BCUT2D eigenvalue weighted by atomic mass is 19.1. The van der Waals surface area contributed by atoms with Gasteiger partial charge in [-0.15, -0.1) is 0 Å². The second-order valence-corrected chi connectivity index (χ2v) is 8.61. The number of rotatable bonds is 17. The van der Waals surface area contributed by atoms with Crippen LogP contribution in [0.5, 0.6) is 5.75 Å². The molecule has 2 atom stereocenters. The van der Waals surface area contributed by atoms with Crippen LogP contribution in [0.25, 0.3) is 11.1 Å². The third-order valence-corrected chi connectivity index (χ3v) is 5.99. The summed E-state index contributed by atoms with van der Waals surface area (Å²) in [5, 5.41) is 0. The van der Waals surface area contributed by atoms with Crippen LogP contribution in [0.2, 0.25) is 0 Å². The minimum Gasteiger partial charge on any atom is -0.502 e. The molecule has 0 saturated carbocycles. The van der Waals surface area contributed by atoms with Crippen molar-refractivity contribution in [2.45, 2.75) is 65.0 Å². The molecule has 0 fully saturated rings. The number of halogens is 1. The number of esters is 1. The van der Waals surface area contributed by atoms with Crippen LogP contribution in [0.3, 0.4) is 0 Å². The molecule has 0 N–H and O–H groups in total. The molecule has 5 heteroatoms. The Labute approximate surface area is 204 Å². The summed E-state index contributed by atoms with van der Waals surface area (Å²) in [6.07, 6.45) is 7.99. The van der Waals surface area contributed by atoms with E-state index in [1.165, 1.54) is 31.9 Å². The van der Waals surface area contributed by atoms with Crippen molar-refractivity contribution in [3.8, 4) is 16.9 Å². The van der Waals surface area contributed by atoms with Gasteiger partial charge in [0.15, 0.2) is 0 Å². The molecule has 2 aromatic rings. The van der Waals surface area contributed by atoms with E-state index in [-0.39, 0.29) is 12.5 Å². The lowest BCUT2D eigenvalue weighted by molar-refractivity contribution is 0.0335. The third kappa shape index (κ3) is 9.98. The minimum atomic E-state index is -1.14. The van der Waals surface area contributed by atoms with Crippen molar-refractivity contribution in [1.29, 1.82) is 0 Å². The Morgan fingerprint density at radius 1 is 0.912 bits per heavy atom. The normalized spacial score (nSPS) is 12.6. The average Bonchev–Trinajstić information content (AvgIpc) is 2.88. The fourth-order valence-corrected chi connectivity index (χ4v) is 3.47. The summed E-state index contributed by atoms with van der Waals surface area (Å²) in [7, 11) is 0. The molecular weight excluding hydrogens is 431 g/mol. The highest BCUT2D eigenvalue weighted by molar-refractivity contribution is 5.90. The van der Waals surface area contributed by atoms with E-state index in [4.69, 9.17) is 14.2 Å². The number of unbranched alkanes of at least 4 members (excludes halogenated alkanes) is 5. The van der Waals surface area contributed by atoms with Crippen LogP contribution in [-0.4, -0.2) is 32.0 Å². The topological polar surface area (TPSA) is 44.8 Å². The quantitative estimate of drug-likeness (QED) is 0.135. The number of hydrogen-bond acceptors (Lipinski definition) is 4. The minimum absolute atomic E-state index is 0.125. The molecule has 0 aromatic heterocycles. The van der Waals surface area contributed by atoms with E-state index in [2.05, 4.69) is 6.58 Å². The van der Waals surface area contributed by atoms with Crippen molar-refractivity contribution in [3.05, 3.63) is 66.9 Å². The third-order valence-electron chi connectivity index (χ3n) is 5.99. The molecule has 34 heavy (non-hydrogen) atoms. The van der Waals surface area contributed by atoms with Gasteiger partial charge in [-0.3, -0.25) is 0 Å². The van der Waals surface area contributed by atoms with Crippen LogP contribution >= 0.6 is 0 Å². The molecule has 0 heterocycles. The van der Waals surface area contributed by atoms with Gasteiger partial charge in [0.2, 0.25) is 0 Å². The summed E-state index contributed by atoms with van der Waals surface area (Å²) in [6, 6.07) is 15.1. The number of ether oxygens (including phenoxy) is 3. The van der Waals surface area contributed by atoms with Crippen molar-refractivity contribution >= 4 is 5.97 Å². The maximum Gasteiger partial charge on any atom is 0.338 e. The van der Waals surface area contributed by atoms with Gasteiger partial charge in [0.1, 0.15) is 18.5 Å². The molecule has 0 amide bonds. The molecule has 2 aromatic carbocycles. The highest BCUT2D eigenvalue weighted by Gasteiger charge is 2.17. The predicted octanol–water partition coefficient (Wildman–Crippen LogP) is 7.77. The Bertz CT molecular complexity index is 832. The first-order valence-electron chi connectivity index (χ1n) is 12.4. The summed E-state index contributed by atoms with van der Waals surface area (Å²) in [5.74, 6) is 0.232. The van der Waals surface area contributed by atoms with Crippen LogP contribution in [0.15, 0.2) is 61.4 Å². The zero-order valence-electron chi connectivity index (χ0n) is 20.6. The van der Waals surface area contributed by atoms with E-state index in [0.29, 0.717) is 18.6 Å². The zero-order chi connectivity index (χ0) is 24.6. The molecule has 0 aliphatic heterocycles. The van der Waals surface area contributed by atoms with Crippen LogP contribution in [-0.2, 0) is 9.47 Å². The molecule has 0 aliphatic carbocycles. The molecule has 0 bridgehead atoms. The second-order valence-electron chi connectivity index (χ2n) is 8.61. The van der Waals surface area contributed by atoms with Crippen LogP contribution in [0.4, 0.5) is 4.39 Å². The number of carbonyl (C=O) groups is 1. The Balaban J connectivity index is 1.70. The lowest BCUT2D eigenvalue weighted by Crippen LogP contribution is -2.21. The van der Waals surface area contributed by atoms with E-state index in [1.54, 1.807) is 12.1 Å². The predicted molar refractivity (Wildman–Crippen MR) is 136 cm³/mol. The maximum absolute atomic E-state index is 13.9. The maximum atomic E-state index is 13.9. The number of carbonyl (C=O) groups excluding carboxylic acids is 1. The van der Waals surface area contributed by atoms with Gasteiger partial charge < -0.3 is 14.2 Å². The van der Waals surface area contributed by atoms with E-state index in [0.717, 1.165) is 36.3 Å². The molecular formula is C29H39FO4. The number of benzene rings is 2. The fraction of sp³-hybridized carbons (Fsp3) is 0.483. The van der Waals surface area contributed by atoms with Crippen LogP contribution in [0.1, 0.15) is 69.2 Å². The summed E-state index contributed by atoms with van der Waals surface area (Å²) < 4.78 is 30.0. The zero-order valence-corrected chi connectivity index (χ0v) is 20.6. The molecule has 4 nitrogen and oxygen atoms in total. The van der Waals surface area contributed by atoms with Gasteiger partial charge in [-0.25, -0.2) is 9.18 Å². The Kier molecular flexibility index (Phi) is 12.8. The van der Waals surface area contributed by atoms with Gasteiger partial charge in [-0.05, 0) is 54.2 Å². The SMILES string of the molecule is C=COCCCCCCCCOc1ccc(-c2ccc(C(=O)OC[C@H](F)[C@@H](C)CC)cc2)cc1. The lowest BCUT2D eigenvalue weighted by atomic mass is 10.0. The summed E-state index contributed by atoms with van der Waals surface area (Å²) in [5.41, 5.74) is 2.45. The molecule has 0 aliphatic rings. The summed E-state index contributed by atoms with van der Waals surface area (Å²) in [4.78, 5) is 12.2. The van der Waals surface area contributed by atoms with Crippen molar-refractivity contribution in [3.63, 3.8) is 0 Å². The Hall–Kier alpha value is -2.82. The standard InChI is InChI=1S/C29H39FO4/c1-4-23(3)28(30)22-34-29(31)26-14-12-24(13-15-26)25-16-18-27(19-17-25)33-21-11-9-7-6-8-10-20-32-5-2/h5,12-19,23,28H,2,4,6-11,20-22H2,1,3H3/t23-,28-/m0/s1. The van der Waals surface area contributed by atoms with Crippen molar-refractivity contribution in [2.24, 2.45) is 5.92 Å². The van der Waals surface area contributed by atoms with Crippen molar-refractivity contribution in [2.75, 3.05) is 19.8 Å². The first-order valence-corrected chi connectivity index (χ1v) is 12.4. The van der Waals surface area contributed by atoms with E-state index in [1.807, 2.05) is 50.2 Å². The van der Waals surface area contributed by atoms with Crippen molar-refractivity contribution in [1.82, 2.24) is 0 Å². The van der Waals surface area contributed by atoms with Crippen LogP contribution in [0, 0.1) is 5.92 Å². The van der Waals surface area contributed by atoms with Crippen LogP contribution < -0.4 is 4.74 Å². The van der Waals surface area contributed by atoms with Crippen molar-refractivity contribution < 1.29 is 23.4 Å². The first-order chi connectivity index (χ1) is 16.5. The molecule has 0 saturated heterocycles. The Morgan fingerprint density at radius 2 is 1.47 bits per heavy atom. The number of alkyl halides is 1. The first kappa shape index (κ1) is 27.4. The van der Waals surface area contributed by atoms with Gasteiger partial charge in [-0.2, -0.15) is 0 Å². The van der Waals surface area contributed by atoms with Gasteiger partial charge in [0.25, 0.3) is 0 Å². The molecule has 0 unspecified atom stereocenters. The van der Waals surface area contributed by atoms with E-state index in [9.17, 15) is 9.18 Å². The molecule has 0 spiro atoms. The smallest absolute Gasteiger partial charge is 0.338 e. The highest BCUT2D eigenvalue weighted by Crippen LogP contribution is 2.23. The number of hydrogen-bond donors (Lipinski definition) is 0. The largest absolute Gasteiger partial charge is 0.502 e. The second kappa shape index (κ2) is 15.9. The van der Waals surface area contributed by atoms with E-state index >= 15 is 0 Å². The van der Waals surface area contributed by atoms with Gasteiger partial charge in [-0.1, -0.05) is 76.8 Å². The molecule has 2 rings (SSSR count). The molecule has 0 radical (unpaired) electrons. The van der Waals surface area contributed by atoms with Gasteiger partial charge in [0.05, 0.1) is 25.0 Å². The fourth-order valence-electron chi connectivity index (χ4n) is 3.47. The van der Waals surface area contributed by atoms with Gasteiger partial charge >= 0.3 is 5.97 Å². The molecule has 186 valence electrons. The average molecular weight is 471 g/mol. The Morgan fingerprint density at radius 3 is 2.06 bits per heavy atom. The lowest BCUT2D eigenvalue weighted by Gasteiger charge is -2.14. The van der Waals surface area contributed by atoms with Gasteiger partial charge in [0, 0.05) is 0 Å². The van der Waals surface area contributed by atoms with E-state index < -0.39 is 12.1 Å². The summed E-state index contributed by atoms with van der Waals surface area (Å²) >= 11 is 0. The summed E-state index contributed by atoms with van der Waals surface area (Å²) in [6.45, 7) is 8.54. The monoisotopic (exact) mass is 470 g/mol.